The second-order valence-electron chi connectivity index (χ2n) is 7.72. The van der Waals surface area contributed by atoms with Crippen LogP contribution in [0.5, 0.6) is 0 Å². The minimum atomic E-state index is -0.593. The van der Waals surface area contributed by atoms with E-state index < -0.39 is 4.92 Å². The number of hydrogen-bond acceptors (Lipinski definition) is 8. The number of piperazine rings is 1. The summed E-state index contributed by atoms with van der Waals surface area (Å²) in [6.45, 7) is 6.10. The quantitative estimate of drug-likeness (QED) is 0.420. The first kappa shape index (κ1) is 21.7. The maximum Gasteiger partial charge on any atom is 0.288 e. The first-order chi connectivity index (χ1) is 15.3. The van der Waals surface area contributed by atoms with Gasteiger partial charge in [-0.3, -0.25) is 14.9 Å². The van der Waals surface area contributed by atoms with E-state index >= 15 is 0 Å². The highest BCUT2D eigenvalue weighted by molar-refractivity contribution is 6.32. The van der Waals surface area contributed by atoms with Crippen LogP contribution in [0.2, 0.25) is 5.02 Å². The Hall–Kier alpha value is -3.53. The predicted octanol–water partition coefficient (Wildman–Crippen LogP) is 3.78. The summed E-state index contributed by atoms with van der Waals surface area (Å²) < 4.78 is 5.24. The highest BCUT2D eigenvalue weighted by Gasteiger charge is 2.25. The molecule has 4 rings (SSSR count). The maximum atomic E-state index is 12.8. The Bertz CT molecular complexity index is 1140. The summed E-state index contributed by atoms with van der Waals surface area (Å²) in [5.74, 6) is 1.76. The van der Waals surface area contributed by atoms with E-state index in [2.05, 4.69) is 20.0 Å². The fraction of sp³-hybridized carbons (Fsp3) is 0.333. The van der Waals surface area contributed by atoms with Crippen LogP contribution in [0.15, 0.2) is 41.1 Å². The minimum Gasteiger partial charge on any atom is -0.353 e. The van der Waals surface area contributed by atoms with E-state index in [0.29, 0.717) is 37.9 Å². The van der Waals surface area contributed by atoms with Crippen molar-refractivity contribution < 1.29 is 14.2 Å². The monoisotopic (exact) mass is 456 g/mol. The molecule has 1 aromatic carbocycles. The lowest BCUT2D eigenvalue weighted by Crippen LogP contribution is -2.49. The van der Waals surface area contributed by atoms with Gasteiger partial charge in [0, 0.05) is 55.5 Å². The maximum absolute atomic E-state index is 12.8. The zero-order valence-corrected chi connectivity index (χ0v) is 18.3. The molecule has 2 aromatic heterocycles. The third-order valence-corrected chi connectivity index (χ3v) is 5.54. The van der Waals surface area contributed by atoms with Crippen LogP contribution in [0.3, 0.4) is 0 Å². The highest BCUT2D eigenvalue weighted by Crippen LogP contribution is 2.26. The van der Waals surface area contributed by atoms with Gasteiger partial charge in [-0.05, 0) is 24.3 Å². The van der Waals surface area contributed by atoms with Crippen LogP contribution in [0, 0.1) is 10.1 Å². The van der Waals surface area contributed by atoms with Gasteiger partial charge in [-0.25, -0.2) is 4.98 Å². The molecule has 1 amide bonds. The molecule has 166 valence electrons. The van der Waals surface area contributed by atoms with Gasteiger partial charge in [0.05, 0.1) is 4.92 Å². The van der Waals surface area contributed by atoms with Gasteiger partial charge >= 0.3 is 0 Å². The number of carbonyl (C=O) groups is 1. The summed E-state index contributed by atoms with van der Waals surface area (Å²) in [5, 5.41) is 15.1. The number of benzene rings is 1. The molecule has 0 N–H and O–H groups in total. The van der Waals surface area contributed by atoms with Gasteiger partial charge in [0.1, 0.15) is 10.8 Å². The van der Waals surface area contributed by atoms with Gasteiger partial charge in [0.25, 0.3) is 11.6 Å². The second-order valence-corrected chi connectivity index (χ2v) is 8.13. The van der Waals surface area contributed by atoms with E-state index in [1.54, 1.807) is 11.1 Å². The molecular weight excluding hydrogens is 436 g/mol. The van der Waals surface area contributed by atoms with Crippen LogP contribution in [-0.4, -0.2) is 57.0 Å². The van der Waals surface area contributed by atoms with Crippen LogP contribution < -0.4 is 4.90 Å². The lowest BCUT2D eigenvalue weighted by Gasteiger charge is -2.35. The first-order valence-corrected chi connectivity index (χ1v) is 10.5. The molecule has 10 nitrogen and oxygen atoms in total. The number of anilines is 1. The van der Waals surface area contributed by atoms with Crippen LogP contribution in [0.1, 0.15) is 36.0 Å². The standard InChI is InChI=1S/C21H21ClN6O4/c1-13(2)20-24-19(25-32-20)15-4-6-18(23-12-15)26-7-9-27(10-8-26)21(29)14-3-5-16(22)17(11-14)28(30)31/h3-6,11-13H,7-10H2,1-2H3. The molecule has 11 heteroatoms. The summed E-state index contributed by atoms with van der Waals surface area (Å²) in [4.78, 5) is 35.9. The molecule has 0 aliphatic carbocycles. The molecular formula is C21H21ClN6O4. The Balaban J connectivity index is 1.39. The SMILES string of the molecule is CC(C)c1nc(-c2ccc(N3CCN(C(=O)c4ccc(Cl)c([N+](=O)[O-])c4)CC3)nc2)no1. The number of carbonyl (C=O) groups excluding carboxylic acids is 1. The van der Waals surface area contributed by atoms with E-state index in [-0.39, 0.29) is 28.1 Å². The molecule has 32 heavy (non-hydrogen) atoms. The van der Waals surface area contributed by atoms with Gasteiger partial charge in [0.2, 0.25) is 11.7 Å². The zero-order chi connectivity index (χ0) is 22.8. The first-order valence-electron chi connectivity index (χ1n) is 10.1. The summed E-state index contributed by atoms with van der Waals surface area (Å²) >= 11 is 5.84. The molecule has 0 radical (unpaired) electrons. The van der Waals surface area contributed by atoms with Crippen molar-refractivity contribution in [3.05, 3.63) is 63.1 Å². The fourth-order valence-electron chi connectivity index (χ4n) is 3.40. The number of aromatic nitrogens is 3. The van der Waals surface area contributed by atoms with Crippen molar-refractivity contribution in [3.63, 3.8) is 0 Å². The molecule has 3 heterocycles. The van der Waals surface area contributed by atoms with E-state index in [0.717, 1.165) is 11.4 Å². The Morgan fingerprint density at radius 3 is 2.53 bits per heavy atom. The number of nitro groups is 1. The molecule has 1 aliphatic rings. The number of halogens is 1. The van der Waals surface area contributed by atoms with Gasteiger partial charge in [-0.1, -0.05) is 30.6 Å². The largest absolute Gasteiger partial charge is 0.353 e. The molecule has 0 saturated carbocycles. The van der Waals surface area contributed by atoms with Crippen molar-refractivity contribution in [2.75, 3.05) is 31.1 Å². The Morgan fingerprint density at radius 2 is 1.94 bits per heavy atom. The average Bonchev–Trinajstić information content (AvgIpc) is 3.30. The van der Waals surface area contributed by atoms with Crippen molar-refractivity contribution >= 4 is 29.0 Å². The van der Waals surface area contributed by atoms with Crippen molar-refractivity contribution in [3.8, 4) is 11.4 Å². The van der Waals surface area contributed by atoms with Gasteiger partial charge in [-0.2, -0.15) is 4.98 Å². The molecule has 0 bridgehead atoms. The van der Waals surface area contributed by atoms with Gasteiger partial charge in [-0.15, -0.1) is 0 Å². The summed E-state index contributed by atoms with van der Waals surface area (Å²) in [6, 6.07) is 7.89. The van der Waals surface area contributed by atoms with Crippen LogP contribution in [0.25, 0.3) is 11.4 Å². The molecule has 3 aromatic rings. The topological polar surface area (TPSA) is 118 Å². The number of amides is 1. The van der Waals surface area contributed by atoms with Crippen LogP contribution in [0.4, 0.5) is 11.5 Å². The zero-order valence-electron chi connectivity index (χ0n) is 17.6. The van der Waals surface area contributed by atoms with Gasteiger partial charge < -0.3 is 14.3 Å². The van der Waals surface area contributed by atoms with Crippen molar-refractivity contribution in [1.29, 1.82) is 0 Å². The molecule has 1 saturated heterocycles. The smallest absolute Gasteiger partial charge is 0.288 e. The number of rotatable bonds is 5. The van der Waals surface area contributed by atoms with Crippen molar-refractivity contribution in [2.45, 2.75) is 19.8 Å². The molecule has 1 aliphatic heterocycles. The lowest BCUT2D eigenvalue weighted by atomic mass is 10.1. The summed E-state index contributed by atoms with van der Waals surface area (Å²) in [6.07, 6.45) is 1.70. The lowest BCUT2D eigenvalue weighted by molar-refractivity contribution is -0.384. The number of nitro benzene ring substituents is 1. The predicted molar refractivity (Wildman–Crippen MR) is 118 cm³/mol. The number of nitrogens with zero attached hydrogens (tertiary/aromatic N) is 6. The molecule has 0 spiro atoms. The minimum absolute atomic E-state index is 0.00661. The van der Waals surface area contributed by atoms with Crippen LogP contribution >= 0.6 is 11.6 Å². The van der Waals surface area contributed by atoms with E-state index in [4.69, 9.17) is 16.1 Å². The Labute approximate surface area is 189 Å². The second kappa shape index (κ2) is 8.91. The normalized spacial score (nSPS) is 14.1. The number of hydrogen-bond donors (Lipinski definition) is 0. The third-order valence-electron chi connectivity index (χ3n) is 5.22. The summed E-state index contributed by atoms with van der Waals surface area (Å²) in [7, 11) is 0. The molecule has 0 atom stereocenters. The Kier molecular flexibility index (Phi) is 6.04. The van der Waals surface area contributed by atoms with E-state index in [9.17, 15) is 14.9 Å². The molecule has 0 unspecified atom stereocenters. The van der Waals surface area contributed by atoms with E-state index in [1.807, 2.05) is 26.0 Å². The number of pyridine rings is 1. The summed E-state index contributed by atoms with van der Waals surface area (Å²) in [5.41, 5.74) is 0.739. The van der Waals surface area contributed by atoms with Crippen molar-refractivity contribution in [1.82, 2.24) is 20.0 Å². The van der Waals surface area contributed by atoms with Gasteiger partial charge in [0.15, 0.2) is 0 Å². The highest BCUT2D eigenvalue weighted by atomic mass is 35.5. The Morgan fingerprint density at radius 1 is 1.19 bits per heavy atom. The fourth-order valence-corrected chi connectivity index (χ4v) is 3.59. The van der Waals surface area contributed by atoms with E-state index in [1.165, 1.54) is 18.2 Å². The average molecular weight is 457 g/mol. The van der Waals surface area contributed by atoms with Crippen molar-refractivity contribution in [2.24, 2.45) is 0 Å². The third kappa shape index (κ3) is 4.40. The van der Waals surface area contributed by atoms with Crippen LogP contribution in [-0.2, 0) is 0 Å². The molecule has 1 fully saturated rings.